The Labute approximate surface area is 158 Å². The number of amides is 3. The molecular weight excluding hydrogens is 344 g/mol. The molecule has 0 bridgehead atoms. The highest BCUT2D eigenvalue weighted by atomic mass is 16.2. The standard InChI is InChI=1S/C20H22N4O3/c1-23(2)16-9-5-14(6-10-16)21-19(26)20(27)22-15-7-11-17(12-8-15)24-13-3-4-18(24)25/h5-12H,3-4,13H2,1-2H3,(H,21,26)(H,22,27). The van der Waals surface area contributed by atoms with Crippen molar-refractivity contribution in [3.8, 4) is 0 Å². The van der Waals surface area contributed by atoms with Crippen molar-refractivity contribution in [3.63, 3.8) is 0 Å². The summed E-state index contributed by atoms with van der Waals surface area (Å²) < 4.78 is 0. The highest BCUT2D eigenvalue weighted by molar-refractivity contribution is 6.43. The molecule has 0 unspecified atom stereocenters. The minimum Gasteiger partial charge on any atom is -0.378 e. The van der Waals surface area contributed by atoms with E-state index in [0.717, 1.165) is 17.8 Å². The van der Waals surface area contributed by atoms with E-state index in [1.54, 1.807) is 41.3 Å². The van der Waals surface area contributed by atoms with Crippen LogP contribution in [0.25, 0.3) is 0 Å². The molecule has 0 saturated carbocycles. The quantitative estimate of drug-likeness (QED) is 0.815. The largest absolute Gasteiger partial charge is 0.378 e. The monoisotopic (exact) mass is 366 g/mol. The molecule has 7 nitrogen and oxygen atoms in total. The van der Waals surface area contributed by atoms with Crippen molar-refractivity contribution in [2.45, 2.75) is 12.8 Å². The van der Waals surface area contributed by atoms with Crippen LogP contribution in [-0.4, -0.2) is 38.4 Å². The van der Waals surface area contributed by atoms with Gasteiger partial charge < -0.3 is 20.4 Å². The van der Waals surface area contributed by atoms with Crippen LogP contribution < -0.4 is 20.4 Å². The van der Waals surface area contributed by atoms with Gasteiger partial charge in [0.25, 0.3) is 0 Å². The van der Waals surface area contributed by atoms with Crippen molar-refractivity contribution in [2.24, 2.45) is 0 Å². The average Bonchev–Trinajstić information content (AvgIpc) is 3.08. The molecule has 3 rings (SSSR count). The lowest BCUT2D eigenvalue weighted by Crippen LogP contribution is -2.29. The minimum absolute atomic E-state index is 0.103. The second-order valence-electron chi connectivity index (χ2n) is 6.55. The lowest BCUT2D eigenvalue weighted by Gasteiger charge is -2.16. The van der Waals surface area contributed by atoms with E-state index in [1.165, 1.54) is 0 Å². The Morgan fingerprint density at radius 1 is 0.889 bits per heavy atom. The Balaban J connectivity index is 1.57. The van der Waals surface area contributed by atoms with Gasteiger partial charge in [-0.15, -0.1) is 0 Å². The fraction of sp³-hybridized carbons (Fsp3) is 0.250. The second kappa shape index (κ2) is 7.90. The third-order valence-corrected chi connectivity index (χ3v) is 4.36. The summed E-state index contributed by atoms with van der Waals surface area (Å²) in [5, 5.41) is 5.13. The summed E-state index contributed by atoms with van der Waals surface area (Å²) in [7, 11) is 3.85. The van der Waals surface area contributed by atoms with Crippen molar-refractivity contribution in [1.29, 1.82) is 0 Å². The van der Waals surface area contributed by atoms with Gasteiger partial charge in [-0.05, 0) is 55.0 Å². The van der Waals surface area contributed by atoms with E-state index in [2.05, 4.69) is 10.6 Å². The molecule has 140 valence electrons. The van der Waals surface area contributed by atoms with E-state index >= 15 is 0 Å². The molecule has 0 aliphatic carbocycles. The molecule has 7 heteroatoms. The molecule has 0 atom stereocenters. The summed E-state index contributed by atoms with van der Waals surface area (Å²) in [5.74, 6) is -1.39. The van der Waals surface area contributed by atoms with Gasteiger partial charge in [-0.2, -0.15) is 0 Å². The highest BCUT2D eigenvalue weighted by Crippen LogP contribution is 2.23. The summed E-state index contributed by atoms with van der Waals surface area (Å²) in [4.78, 5) is 39.6. The summed E-state index contributed by atoms with van der Waals surface area (Å²) >= 11 is 0. The maximum Gasteiger partial charge on any atom is 0.314 e. The van der Waals surface area contributed by atoms with Gasteiger partial charge >= 0.3 is 11.8 Å². The van der Waals surface area contributed by atoms with Crippen LogP contribution in [0.2, 0.25) is 0 Å². The van der Waals surface area contributed by atoms with Crippen LogP contribution in [0.5, 0.6) is 0 Å². The van der Waals surface area contributed by atoms with Gasteiger partial charge in [0.2, 0.25) is 5.91 Å². The maximum absolute atomic E-state index is 12.1. The van der Waals surface area contributed by atoms with Crippen molar-refractivity contribution < 1.29 is 14.4 Å². The molecule has 1 saturated heterocycles. The number of nitrogens with zero attached hydrogens (tertiary/aromatic N) is 2. The highest BCUT2D eigenvalue weighted by Gasteiger charge is 2.21. The topological polar surface area (TPSA) is 81.8 Å². The number of hydrogen-bond donors (Lipinski definition) is 2. The molecule has 0 aromatic heterocycles. The third-order valence-electron chi connectivity index (χ3n) is 4.36. The van der Waals surface area contributed by atoms with Crippen molar-refractivity contribution in [2.75, 3.05) is 41.1 Å². The van der Waals surface area contributed by atoms with Crippen LogP contribution in [0.3, 0.4) is 0 Å². The molecule has 3 amide bonds. The van der Waals surface area contributed by atoms with Crippen LogP contribution in [0.4, 0.5) is 22.7 Å². The first kappa shape index (κ1) is 18.4. The zero-order valence-corrected chi connectivity index (χ0v) is 15.4. The number of anilines is 4. The SMILES string of the molecule is CN(C)c1ccc(NC(=O)C(=O)Nc2ccc(N3CCCC3=O)cc2)cc1. The van der Waals surface area contributed by atoms with Crippen LogP contribution in [-0.2, 0) is 14.4 Å². The molecule has 27 heavy (non-hydrogen) atoms. The molecule has 2 aromatic carbocycles. The Morgan fingerprint density at radius 2 is 1.41 bits per heavy atom. The number of rotatable bonds is 4. The van der Waals surface area contributed by atoms with E-state index in [0.29, 0.717) is 24.3 Å². The van der Waals surface area contributed by atoms with Gasteiger partial charge in [0, 0.05) is 49.8 Å². The predicted octanol–water partition coefficient (Wildman–Crippen LogP) is 2.46. The molecule has 1 fully saturated rings. The fourth-order valence-corrected chi connectivity index (χ4v) is 2.86. The van der Waals surface area contributed by atoms with Crippen molar-refractivity contribution >= 4 is 40.5 Å². The summed E-state index contributed by atoms with van der Waals surface area (Å²) in [6.45, 7) is 0.708. The Morgan fingerprint density at radius 3 is 1.85 bits per heavy atom. The zero-order valence-electron chi connectivity index (χ0n) is 15.4. The van der Waals surface area contributed by atoms with E-state index in [-0.39, 0.29) is 5.91 Å². The van der Waals surface area contributed by atoms with Crippen molar-refractivity contribution in [3.05, 3.63) is 48.5 Å². The summed E-state index contributed by atoms with van der Waals surface area (Å²) in [5.41, 5.74) is 2.83. The lowest BCUT2D eigenvalue weighted by atomic mass is 10.2. The Hall–Kier alpha value is -3.35. The molecule has 1 heterocycles. The zero-order chi connectivity index (χ0) is 19.4. The van der Waals surface area contributed by atoms with Gasteiger partial charge in [0.15, 0.2) is 0 Å². The van der Waals surface area contributed by atoms with Crippen LogP contribution in [0.1, 0.15) is 12.8 Å². The van der Waals surface area contributed by atoms with E-state index in [1.807, 2.05) is 31.1 Å². The normalized spacial score (nSPS) is 13.4. The molecule has 0 spiro atoms. The minimum atomic E-state index is -0.753. The van der Waals surface area contributed by atoms with E-state index < -0.39 is 11.8 Å². The van der Waals surface area contributed by atoms with Gasteiger partial charge in [-0.3, -0.25) is 14.4 Å². The first-order chi connectivity index (χ1) is 12.9. The van der Waals surface area contributed by atoms with Gasteiger partial charge in [0.1, 0.15) is 0 Å². The number of nitrogens with one attached hydrogen (secondary N) is 2. The first-order valence-electron chi connectivity index (χ1n) is 8.74. The molecule has 1 aliphatic heterocycles. The predicted molar refractivity (Wildman–Crippen MR) is 106 cm³/mol. The smallest absolute Gasteiger partial charge is 0.314 e. The molecule has 2 aromatic rings. The van der Waals surface area contributed by atoms with Gasteiger partial charge in [-0.1, -0.05) is 0 Å². The average molecular weight is 366 g/mol. The molecule has 2 N–H and O–H groups in total. The number of carbonyl (C=O) groups excluding carboxylic acids is 3. The summed E-state index contributed by atoms with van der Waals surface area (Å²) in [6.07, 6.45) is 1.42. The van der Waals surface area contributed by atoms with Gasteiger partial charge in [-0.25, -0.2) is 0 Å². The number of benzene rings is 2. The molecular formula is C20H22N4O3. The Bertz CT molecular complexity index is 845. The Kier molecular flexibility index (Phi) is 5.40. The first-order valence-corrected chi connectivity index (χ1v) is 8.74. The third kappa shape index (κ3) is 4.44. The van der Waals surface area contributed by atoms with E-state index in [4.69, 9.17) is 0 Å². The second-order valence-corrected chi connectivity index (χ2v) is 6.55. The van der Waals surface area contributed by atoms with Gasteiger partial charge in [0.05, 0.1) is 0 Å². The lowest BCUT2D eigenvalue weighted by molar-refractivity contribution is -0.132. The van der Waals surface area contributed by atoms with Crippen LogP contribution in [0.15, 0.2) is 48.5 Å². The maximum atomic E-state index is 12.1. The number of hydrogen-bond acceptors (Lipinski definition) is 4. The van der Waals surface area contributed by atoms with Crippen molar-refractivity contribution in [1.82, 2.24) is 0 Å². The fourth-order valence-electron chi connectivity index (χ4n) is 2.86. The molecule has 0 radical (unpaired) electrons. The van der Waals surface area contributed by atoms with Crippen LogP contribution >= 0.6 is 0 Å². The van der Waals surface area contributed by atoms with Crippen LogP contribution in [0, 0.1) is 0 Å². The van der Waals surface area contributed by atoms with E-state index in [9.17, 15) is 14.4 Å². The molecule has 1 aliphatic rings. The summed E-state index contributed by atoms with van der Waals surface area (Å²) in [6, 6.07) is 14.1. The number of carbonyl (C=O) groups is 3.